The lowest BCUT2D eigenvalue weighted by Gasteiger charge is -2.27. The van der Waals surface area contributed by atoms with Gasteiger partial charge in [0, 0.05) is 42.8 Å². The van der Waals surface area contributed by atoms with E-state index in [1.807, 2.05) is 24.3 Å². The number of nitrogens with zero attached hydrogens (tertiary/aromatic N) is 3. The minimum absolute atomic E-state index is 0.0200. The maximum absolute atomic E-state index is 13.0. The van der Waals surface area contributed by atoms with E-state index in [-0.39, 0.29) is 18.5 Å². The summed E-state index contributed by atoms with van der Waals surface area (Å²) in [5.74, 6) is -1.17. The molecule has 2 amide bonds. The van der Waals surface area contributed by atoms with Gasteiger partial charge in [-0.05, 0) is 32.0 Å². The second kappa shape index (κ2) is 9.62. The summed E-state index contributed by atoms with van der Waals surface area (Å²) in [5, 5.41) is 3.51. The highest BCUT2D eigenvalue weighted by Gasteiger charge is 2.27. The van der Waals surface area contributed by atoms with Gasteiger partial charge in [0.15, 0.2) is 0 Å². The zero-order valence-electron chi connectivity index (χ0n) is 18.0. The van der Waals surface area contributed by atoms with Gasteiger partial charge in [0.25, 0.3) is 11.7 Å². The minimum Gasteiger partial charge on any atom is -0.378 e. The van der Waals surface area contributed by atoms with Gasteiger partial charge >= 0.3 is 0 Å². The van der Waals surface area contributed by atoms with E-state index in [4.69, 9.17) is 4.74 Å². The van der Waals surface area contributed by atoms with Gasteiger partial charge in [0.1, 0.15) is 6.54 Å². The summed E-state index contributed by atoms with van der Waals surface area (Å²) in [6.07, 6.45) is 3.79. The van der Waals surface area contributed by atoms with Crippen molar-refractivity contribution in [2.24, 2.45) is 0 Å². The topological polar surface area (TPSA) is 83.9 Å². The van der Waals surface area contributed by atoms with Crippen LogP contribution in [-0.4, -0.2) is 83.9 Å². The van der Waals surface area contributed by atoms with E-state index < -0.39 is 11.7 Å². The lowest BCUT2D eigenvalue weighted by atomic mass is 10.1. The van der Waals surface area contributed by atoms with Crippen molar-refractivity contribution in [1.29, 1.82) is 0 Å². The first-order chi connectivity index (χ1) is 15.1. The molecule has 0 aliphatic carbocycles. The Morgan fingerprint density at radius 1 is 1.13 bits per heavy atom. The molecular formula is C23H30N4O4. The van der Waals surface area contributed by atoms with Crippen LogP contribution in [-0.2, 0) is 20.9 Å². The standard InChI is InChI=1S/C23H30N4O4/c1-2-25-9-5-6-17(25)14-24-23(30)22(29)19-15-27(20-8-4-3-7-18(19)20)16-21(28)26-10-12-31-13-11-26/h3-4,7-8,15,17H,2,5-6,9-14,16H2,1H3,(H,24,30)/t17-/m0/s1. The number of hydrogen-bond donors (Lipinski definition) is 1. The van der Waals surface area contributed by atoms with Crippen LogP contribution in [0.3, 0.4) is 0 Å². The summed E-state index contributed by atoms with van der Waals surface area (Å²) in [6.45, 7) is 6.92. The summed E-state index contributed by atoms with van der Waals surface area (Å²) in [4.78, 5) is 42.4. The fourth-order valence-electron chi connectivity index (χ4n) is 4.57. The molecule has 2 aromatic rings. The van der Waals surface area contributed by atoms with E-state index >= 15 is 0 Å². The zero-order valence-corrected chi connectivity index (χ0v) is 18.0. The normalized spacial score (nSPS) is 19.6. The van der Waals surface area contributed by atoms with Crippen LogP contribution in [0.1, 0.15) is 30.1 Å². The second-order valence-electron chi connectivity index (χ2n) is 8.14. The van der Waals surface area contributed by atoms with Gasteiger partial charge < -0.3 is 19.5 Å². The first-order valence-corrected chi connectivity index (χ1v) is 11.1. The van der Waals surface area contributed by atoms with Gasteiger partial charge in [-0.15, -0.1) is 0 Å². The van der Waals surface area contributed by atoms with Crippen molar-refractivity contribution in [3.8, 4) is 0 Å². The van der Waals surface area contributed by atoms with Crippen LogP contribution >= 0.6 is 0 Å². The molecule has 2 aliphatic heterocycles. The SMILES string of the molecule is CCN1CCC[C@H]1CNC(=O)C(=O)c1cn(CC(=O)N2CCOCC2)c2ccccc12. The average molecular weight is 427 g/mol. The van der Waals surface area contributed by atoms with E-state index in [0.717, 1.165) is 31.4 Å². The molecular weight excluding hydrogens is 396 g/mol. The van der Waals surface area contributed by atoms with Gasteiger partial charge in [-0.3, -0.25) is 19.3 Å². The van der Waals surface area contributed by atoms with Crippen molar-refractivity contribution in [2.45, 2.75) is 32.4 Å². The van der Waals surface area contributed by atoms with E-state index in [1.54, 1.807) is 15.7 Å². The Balaban J connectivity index is 1.48. The van der Waals surface area contributed by atoms with Gasteiger partial charge in [0.05, 0.1) is 18.8 Å². The number of ether oxygens (including phenoxy) is 1. The Labute approximate surface area is 182 Å². The van der Waals surface area contributed by atoms with E-state index in [2.05, 4.69) is 17.1 Å². The minimum atomic E-state index is -0.592. The molecule has 4 rings (SSSR count). The molecule has 8 heteroatoms. The number of carbonyl (C=O) groups excluding carboxylic acids is 3. The number of nitrogens with one attached hydrogen (secondary N) is 1. The van der Waals surface area contributed by atoms with Gasteiger partial charge in [0.2, 0.25) is 5.91 Å². The van der Waals surface area contributed by atoms with E-state index in [0.29, 0.717) is 43.8 Å². The summed E-state index contributed by atoms with van der Waals surface area (Å²) in [6, 6.07) is 7.68. The lowest BCUT2D eigenvalue weighted by molar-refractivity contribution is -0.135. The third-order valence-corrected chi connectivity index (χ3v) is 6.31. The fourth-order valence-corrected chi connectivity index (χ4v) is 4.57. The Morgan fingerprint density at radius 2 is 1.90 bits per heavy atom. The van der Waals surface area contributed by atoms with Crippen LogP contribution in [0, 0.1) is 0 Å². The first-order valence-electron chi connectivity index (χ1n) is 11.1. The first kappa shape index (κ1) is 21.5. The van der Waals surface area contributed by atoms with Crippen LogP contribution in [0.4, 0.5) is 0 Å². The fraction of sp³-hybridized carbons (Fsp3) is 0.522. The maximum Gasteiger partial charge on any atom is 0.292 e. The molecule has 1 aromatic heterocycles. The Hall–Kier alpha value is -2.71. The molecule has 2 aliphatic rings. The van der Waals surface area contributed by atoms with Gasteiger partial charge in [-0.1, -0.05) is 25.1 Å². The number of likely N-dealkylation sites (N-methyl/N-ethyl adjacent to an activating group) is 1. The molecule has 0 spiro atoms. The zero-order chi connectivity index (χ0) is 21.8. The number of fused-ring (bicyclic) bond motifs is 1. The van der Waals surface area contributed by atoms with E-state index in [1.165, 1.54) is 0 Å². The molecule has 3 heterocycles. The highest BCUT2D eigenvalue weighted by atomic mass is 16.5. The van der Waals surface area contributed by atoms with Crippen LogP contribution in [0.5, 0.6) is 0 Å². The quantitative estimate of drug-likeness (QED) is 0.533. The highest BCUT2D eigenvalue weighted by molar-refractivity contribution is 6.45. The van der Waals surface area contributed by atoms with Crippen molar-refractivity contribution in [3.63, 3.8) is 0 Å². The molecule has 2 saturated heterocycles. The van der Waals surface area contributed by atoms with Crippen molar-refractivity contribution >= 4 is 28.5 Å². The largest absolute Gasteiger partial charge is 0.378 e. The average Bonchev–Trinajstić information content (AvgIpc) is 3.42. The molecule has 2 fully saturated rings. The number of Topliss-reactive ketones (excluding diaryl/α,β-unsaturated/α-hetero) is 1. The Morgan fingerprint density at radius 3 is 2.68 bits per heavy atom. The maximum atomic E-state index is 13.0. The smallest absolute Gasteiger partial charge is 0.292 e. The molecule has 8 nitrogen and oxygen atoms in total. The van der Waals surface area contributed by atoms with Crippen molar-refractivity contribution in [2.75, 3.05) is 45.9 Å². The number of hydrogen-bond acceptors (Lipinski definition) is 5. The molecule has 0 radical (unpaired) electrons. The number of morpholine rings is 1. The molecule has 1 aromatic carbocycles. The molecule has 0 bridgehead atoms. The lowest BCUT2D eigenvalue weighted by Crippen LogP contribution is -2.42. The number of carbonyl (C=O) groups is 3. The van der Waals surface area contributed by atoms with Gasteiger partial charge in [-0.25, -0.2) is 0 Å². The van der Waals surface area contributed by atoms with Crippen LogP contribution in [0.15, 0.2) is 30.5 Å². The summed E-state index contributed by atoms with van der Waals surface area (Å²) >= 11 is 0. The van der Waals surface area contributed by atoms with Crippen LogP contribution in [0.25, 0.3) is 10.9 Å². The molecule has 1 atom stereocenters. The van der Waals surface area contributed by atoms with Crippen molar-refractivity contribution < 1.29 is 19.1 Å². The van der Waals surface area contributed by atoms with Gasteiger partial charge in [-0.2, -0.15) is 0 Å². The molecule has 1 N–H and O–H groups in total. The summed E-state index contributed by atoms with van der Waals surface area (Å²) in [7, 11) is 0. The summed E-state index contributed by atoms with van der Waals surface area (Å²) in [5.41, 5.74) is 1.11. The third-order valence-electron chi connectivity index (χ3n) is 6.31. The molecule has 0 saturated carbocycles. The van der Waals surface area contributed by atoms with Crippen molar-refractivity contribution in [3.05, 3.63) is 36.0 Å². The number of para-hydroxylation sites is 1. The summed E-state index contributed by atoms with van der Waals surface area (Å²) < 4.78 is 7.08. The van der Waals surface area contributed by atoms with Crippen LogP contribution < -0.4 is 5.32 Å². The molecule has 0 unspecified atom stereocenters. The van der Waals surface area contributed by atoms with Crippen molar-refractivity contribution in [1.82, 2.24) is 19.7 Å². The number of aromatic nitrogens is 1. The molecule has 166 valence electrons. The second-order valence-corrected chi connectivity index (χ2v) is 8.14. The predicted octanol–water partition coefficient (Wildman–Crippen LogP) is 1.28. The van der Waals surface area contributed by atoms with Crippen LogP contribution in [0.2, 0.25) is 0 Å². The molecule has 31 heavy (non-hydrogen) atoms. The number of benzene rings is 1. The Bertz CT molecular complexity index is 964. The third kappa shape index (κ3) is 4.65. The van der Waals surface area contributed by atoms with E-state index in [9.17, 15) is 14.4 Å². The number of amides is 2. The Kier molecular flexibility index (Phi) is 6.67. The number of ketones is 1. The monoisotopic (exact) mass is 426 g/mol. The number of likely N-dealkylation sites (tertiary alicyclic amines) is 1. The highest BCUT2D eigenvalue weighted by Crippen LogP contribution is 2.22. The predicted molar refractivity (Wildman–Crippen MR) is 117 cm³/mol. The number of rotatable bonds is 7.